The van der Waals surface area contributed by atoms with Crippen LogP contribution in [0.25, 0.3) is 10.9 Å². The van der Waals surface area contributed by atoms with Crippen LogP contribution in [-0.2, 0) is 6.54 Å². The van der Waals surface area contributed by atoms with Crippen molar-refractivity contribution in [3.8, 4) is 5.75 Å². The number of benzene rings is 1. The molecule has 1 N–H and O–H groups in total. The Labute approximate surface area is 116 Å². The van der Waals surface area contributed by atoms with Crippen molar-refractivity contribution in [2.24, 2.45) is 0 Å². The first-order valence-electron chi connectivity index (χ1n) is 6.40. The van der Waals surface area contributed by atoms with Crippen LogP contribution < -0.4 is 10.1 Å². The lowest BCUT2D eigenvalue weighted by molar-refractivity contribution is 0.0929. The summed E-state index contributed by atoms with van der Waals surface area (Å²) in [5.41, 5.74) is 1.80. The van der Waals surface area contributed by atoms with Gasteiger partial charge in [0.25, 0.3) is 5.91 Å². The fraction of sp³-hybridized carbons (Fsp3) is 0.357. The summed E-state index contributed by atoms with van der Waals surface area (Å²) in [7, 11) is 0. The SMILES string of the molecule is O=C1NCCn2c1cc1cc(OCCCCl)ccc12. The van der Waals surface area contributed by atoms with Crippen LogP contribution in [0.15, 0.2) is 24.3 Å². The van der Waals surface area contributed by atoms with Gasteiger partial charge in [-0.05, 0) is 30.7 Å². The normalized spacial score (nSPS) is 14.3. The predicted octanol–water partition coefficient (Wildman–Crippen LogP) is 2.39. The van der Waals surface area contributed by atoms with Gasteiger partial charge in [0, 0.05) is 29.9 Å². The molecule has 0 saturated carbocycles. The minimum absolute atomic E-state index is 0.00735. The van der Waals surface area contributed by atoms with Gasteiger partial charge in [0.15, 0.2) is 0 Å². The maximum atomic E-state index is 11.8. The van der Waals surface area contributed by atoms with Gasteiger partial charge >= 0.3 is 0 Å². The molecular formula is C14H15ClN2O2. The van der Waals surface area contributed by atoms with E-state index in [1.54, 1.807) is 0 Å². The standard InChI is InChI=1S/C14H15ClN2O2/c15-4-1-7-19-11-2-3-12-10(8-11)9-13-14(18)16-5-6-17(12)13/h2-3,8-9H,1,4-7H2,(H,16,18). The number of ether oxygens (including phenoxy) is 1. The van der Waals surface area contributed by atoms with Crippen molar-refractivity contribution in [1.82, 2.24) is 9.88 Å². The van der Waals surface area contributed by atoms with Crippen molar-refractivity contribution in [2.45, 2.75) is 13.0 Å². The lowest BCUT2D eigenvalue weighted by Crippen LogP contribution is -2.34. The van der Waals surface area contributed by atoms with Gasteiger partial charge in [-0.1, -0.05) is 0 Å². The Kier molecular flexibility index (Phi) is 3.34. The number of carbonyl (C=O) groups is 1. The van der Waals surface area contributed by atoms with Crippen LogP contribution in [0.3, 0.4) is 0 Å². The van der Waals surface area contributed by atoms with E-state index in [0.29, 0.717) is 19.0 Å². The second-order valence-corrected chi connectivity index (χ2v) is 4.93. The smallest absolute Gasteiger partial charge is 0.268 e. The summed E-state index contributed by atoms with van der Waals surface area (Å²) in [6, 6.07) is 7.84. The molecule has 100 valence electrons. The zero-order valence-corrected chi connectivity index (χ0v) is 11.2. The lowest BCUT2D eigenvalue weighted by Gasteiger charge is -2.16. The molecule has 0 bridgehead atoms. The van der Waals surface area contributed by atoms with Crippen LogP contribution in [0, 0.1) is 0 Å². The fourth-order valence-corrected chi connectivity index (χ4v) is 2.49. The number of aromatic nitrogens is 1. The summed E-state index contributed by atoms with van der Waals surface area (Å²) in [6.45, 7) is 2.11. The van der Waals surface area contributed by atoms with Gasteiger partial charge in [-0.3, -0.25) is 4.79 Å². The molecule has 0 saturated heterocycles. The number of fused-ring (bicyclic) bond motifs is 3. The van der Waals surface area contributed by atoms with Crippen LogP contribution in [0.1, 0.15) is 16.9 Å². The molecule has 0 atom stereocenters. The second-order valence-electron chi connectivity index (χ2n) is 4.55. The van der Waals surface area contributed by atoms with E-state index >= 15 is 0 Å². The highest BCUT2D eigenvalue weighted by Crippen LogP contribution is 2.26. The van der Waals surface area contributed by atoms with Crippen LogP contribution in [-0.4, -0.2) is 29.5 Å². The first-order valence-corrected chi connectivity index (χ1v) is 6.93. The number of alkyl halides is 1. The summed E-state index contributed by atoms with van der Waals surface area (Å²) in [4.78, 5) is 11.8. The topological polar surface area (TPSA) is 43.3 Å². The van der Waals surface area contributed by atoms with Gasteiger partial charge < -0.3 is 14.6 Å². The van der Waals surface area contributed by atoms with E-state index in [9.17, 15) is 4.79 Å². The molecular weight excluding hydrogens is 264 g/mol. The summed E-state index contributed by atoms with van der Waals surface area (Å²) in [5.74, 6) is 1.41. The molecule has 1 aromatic carbocycles. The number of carbonyl (C=O) groups excluding carboxylic acids is 1. The quantitative estimate of drug-likeness (QED) is 0.689. The van der Waals surface area contributed by atoms with E-state index < -0.39 is 0 Å². The molecule has 0 spiro atoms. The number of halogens is 1. The maximum Gasteiger partial charge on any atom is 0.268 e. The van der Waals surface area contributed by atoms with E-state index in [0.717, 1.165) is 35.3 Å². The number of hydrogen-bond acceptors (Lipinski definition) is 2. The van der Waals surface area contributed by atoms with E-state index in [4.69, 9.17) is 16.3 Å². The summed E-state index contributed by atoms with van der Waals surface area (Å²) >= 11 is 5.62. The minimum atomic E-state index is -0.00735. The molecule has 0 aliphatic carbocycles. The third kappa shape index (κ3) is 2.28. The molecule has 5 heteroatoms. The van der Waals surface area contributed by atoms with Crippen molar-refractivity contribution < 1.29 is 9.53 Å². The summed E-state index contributed by atoms with van der Waals surface area (Å²) in [5, 5.41) is 3.89. The Hall–Kier alpha value is -1.68. The molecule has 0 fully saturated rings. The molecule has 1 amide bonds. The van der Waals surface area contributed by atoms with Gasteiger partial charge in [-0.25, -0.2) is 0 Å². The van der Waals surface area contributed by atoms with Crippen LogP contribution in [0.5, 0.6) is 5.75 Å². The van der Waals surface area contributed by atoms with Crippen LogP contribution in [0.2, 0.25) is 0 Å². The van der Waals surface area contributed by atoms with Gasteiger partial charge in [0.2, 0.25) is 0 Å². The molecule has 1 aromatic heterocycles. The molecule has 1 aliphatic rings. The van der Waals surface area contributed by atoms with Gasteiger partial charge in [-0.2, -0.15) is 0 Å². The Morgan fingerprint density at radius 3 is 3.11 bits per heavy atom. The Morgan fingerprint density at radius 2 is 2.26 bits per heavy atom. The molecule has 3 rings (SSSR count). The highest BCUT2D eigenvalue weighted by Gasteiger charge is 2.19. The number of nitrogens with one attached hydrogen (secondary N) is 1. The summed E-state index contributed by atoms with van der Waals surface area (Å²) in [6.07, 6.45) is 0.828. The monoisotopic (exact) mass is 278 g/mol. The van der Waals surface area contributed by atoms with E-state index in [1.165, 1.54) is 0 Å². The molecule has 0 radical (unpaired) electrons. The van der Waals surface area contributed by atoms with Gasteiger partial charge in [0.1, 0.15) is 11.4 Å². The van der Waals surface area contributed by atoms with Crippen molar-refractivity contribution >= 4 is 28.4 Å². The number of hydrogen-bond donors (Lipinski definition) is 1. The molecule has 0 unspecified atom stereocenters. The predicted molar refractivity (Wildman–Crippen MR) is 75.1 cm³/mol. The zero-order valence-electron chi connectivity index (χ0n) is 10.5. The molecule has 4 nitrogen and oxygen atoms in total. The largest absolute Gasteiger partial charge is 0.494 e. The Balaban J connectivity index is 1.93. The maximum absolute atomic E-state index is 11.8. The third-order valence-corrected chi connectivity index (χ3v) is 3.54. The average Bonchev–Trinajstić information content (AvgIpc) is 2.79. The van der Waals surface area contributed by atoms with E-state index in [-0.39, 0.29) is 5.91 Å². The lowest BCUT2D eigenvalue weighted by atomic mass is 10.2. The number of nitrogens with zero attached hydrogens (tertiary/aromatic N) is 1. The molecule has 1 aliphatic heterocycles. The van der Waals surface area contributed by atoms with Gasteiger partial charge in [-0.15, -0.1) is 11.6 Å². The average molecular weight is 279 g/mol. The zero-order chi connectivity index (χ0) is 13.2. The highest BCUT2D eigenvalue weighted by atomic mass is 35.5. The molecule has 19 heavy (non-hydrogen) atoms. The van der Waals surface area contributed by atoms with Crippen molar-refractivity contribution in [1.29, 1.82) is 0 Å². The Morgan fingerprint density at radius 1 is 1.37 bits per heavy atom. The van der Waals surface area contributed by atoms with Gasteiger partial charge in [0.05, 0.1) is 6.61 Å². The number of amides is 1. The minimum Gasteiger partial charge on any atom is -0.494 e. The van der Waals surface area contributed by atoms with Crippen LogP contribution >= 0.6 is 11.6 Å². The third-order valence-electron chi connectivity index (χ3n) is 3.27. The summed E-state index contributed by atoms with van der Waals surface area (Å²) < 4.78 is 7.67. The second kappa shape index (κ2) is 5.13. The van der Waals surface area contributed by atoms with Crippen LogP contribution in [0.4, 0.5) is 0 Å². The van der Waals surface area contributed by atoms with Crippen molar-refractivity contribution in [3.05, 3.63) is 30.0 Å². The molecule has 2 heterocycles. The number of rotatable bonds is 4. The first-order chi connectivity index (χ1) is 9.29. The fourth-order valence-electron chi connectivity index (χ4n) is 2.38. The first kappa shape index (κ1) is 12.4. The van der Waals surface area contributed by atoms with E-state index in [2.05, 4.69) is 9.88 Å². The van der Waals surface area contributed by atoms with Crippen molar-refractivity contribution in [3.63, 3.8) is 0 Å². The highest BCUT2D eigenvalue weighted by molar-refractivity contribution is 6.17. The van der Waals surface area contributed by atoms with E-state index in [1.807, 2.05) is 24.3 Å². The Bertz CT molecular complexity index is 621. The molecule has 2 aromatic rings. The van der Waals surface area contributed by atoms with Crippen molar-refractivity contribution in [2.75, 3.05) is 19.0 Å².